The Kier molecular flexibility index (Phi) is 21.2. The van der Waals surface area contributed by atoms with Crippen molar-refractivity contribution in [2.24, 2.45) is 11.8 Å². The van der Waals surface area contributed by atoms with E-state index < -0.39 is 39.2 Å². The molecule has 0 bridgehead atoms. The first-order valence-electron chi connectivity index (χ1n) is 13.1. The first kappa shape index (κ1) is 42.7. The third-order valence-electron chi connectivity index (χ3n) is 5.47. The van der Waals surface area contributed by atoms with E-state index in [1.165, 1.54) is 0 Å². The maximum atomic E-state index is 12.0. The van der Waals surface area contributed by atoms with E-state index in [9.17, 15) is 9.59 Å². The van der Waals surface area contributed by atoms with Crippen LogP contribution in [-0.4, -0.2) is 74.5 Å². The standard InChI is InChI=1S/C12H24O3Si2.C8H18O3Si2.C4H8O.CH2S.2CH4/c1-10(2)7-14-12(13)11-8-16(3,4)15-17(5,6)9-11;1-12(2)5-7(8(9)10)6-13(3,4)11-12;1-4(2)3-5;1-2;;/h11H,1,7-9H2,2-6H3;7H,5-6H2,1-4H3,(H,9,10);5H,1,3H2,2H3;1H2;2*1H4/i;;;1D;;. The Bertz CT molecular complexity index is 789. The molecule has 2 N–H and O–H groups in total. The number of thiocarbonyl (C=S) groups is 1. The Morgan fingerprint density at radius 3 is 1.36 bits per heavy atom. The van der Waals surface area contributed by atoms with Crippen molar-refractivity contribution in [3.8, 4) is 0 Å². The highest BCUT2D eigenvalue weighted by Crippen LogP contribution is 2.37. The number of carboxylic acid groups (broad SMARTS) is 1. The number of hydrogen-bond donors (Lipinski definition) is 2. The van der Waals surface area contributed by atoms with Crippen LogP contribution in [0, 0.1) is 11.8 Å². The summed E-state index contributed by atoms with van der Waals surface area (Å²) in [6, 6.07) is 3.33. The lowest BCUT2D eigenvalue weighted by atomic mass is 10.2. The van der Waals surface area contributed by atoms with Crippen LogP contribution in [0.5, 0.6) is 0 Å². The average Bonchev–Trinajstić information content (AvgIpc) is 2.68. The predicted octanol–water partition coefficient (Wildman–Crippen LogP) is 7.73. The smallest absolute Gasteiger partial charge is 0.308 e. The van der Waals surface area contributed by atoms with E-state index in [1.54, 1.807) is 6.92 Å². The van der Waals surface area contributed by atoms with Gasteiger partial charge in [0.15, 0.2) is 33.3 Å². The summed E-state index contributed by atoms with van der Waals surface area (Å²) in [4.78, 5) is 22.9. The van der Waals surface area contributed by atoms with Crippen LogP contribution in [0.15, 0.2) is 24.3 Å². The predicted molar refractivity (Wildman–Crippen MR) is 182 cm³/mol. The molecule has 0 aromatic carbocycles. The van der Waals surface area contributed by atoms with Crippen molar-refractivity contribution >= 4 is 63.3 Å². The zero-order valence-electron chi connectivity index (χ0n) is 25.7. The third-order valence-corrected chi connectivity index (χ3v) is 20.2. The van der Waals surface area contributed by atoms with Crippen molar-refractivity contribution in [1.29, 1.82) is 0 Å². The maximum Gasteiger partial charge on any atom is 0.308 e. The van der Waals surface area contributed by atoms with Gasteiger partial charge in [0.05, 0.1) is 19.8 Å². The lowest BCUT2D eigenvalue weighted by Gasteiger charge is -2.42. The van der Waals surface area contributed by atoms with Crippen LogP contribution < -0.4 is 0 Å². The summed E-state index contributed by atoms with van der Waals surface area (Å²) in [5.41, 5.74) is 1.70. The number of carbonyl (C=O) groups excluding carboxylic acids is 1. The second kappa shape index (κ2) is 19.4. The lowest BCUT2D eigenvalue weighted by Crippen LogP contribution is -2.52. The molecule has 0 atom stereocenters. The number of ether oxygens (including phenoxy) is 1. The van der Waals surface area contributed by atoms with Gasteiger partial charge < -0.3 is 23.2 Å². The molecule has 0 saturated carbocycles. The minimum absolute atomic E-state index is 0. The normalized spacial score (nSPS) is 20.4. The summed E-state index contributed by atoms with van der Waals surface area (Å²) in [5, 5.41) is 17.0. The van der Waals surface area contributed by atoms with Gasteiger partial charge in [-0.05, 0) is 102 Å². The summed E-state index contributed by atoms with van der Waals surface area (Å²) in [6.07, 6.45) is 0. The number of rotatable bonds is 5. The van der Waals surface area contributed by atoms with Gasteiger partial charge in [-0.2, -0.15) is 0 Å². The number of aliphatic hydroxyl groups is 1. The van der Waals surface area contributed by atoms with Crippen molar-refractivity contribution in [1.82, 2.24) is 0 Å². The number of carbonyl (C=O) groups is 2. The molecular weight excluding hydrogens is 581 g/mol. The quantitative estimate of drug-likeness (QED) is 0.136. The summed E-state index contributed by atoms with van der Waals surface area (Å²) in [6.45, 7) is 28.5. The van der Waals surface area contributed by atoms with Gasteiger partial charge in [0.25, 0.3) is 0 Å². The minimum atomic E-state index is -1.67. The van der Waals surface area contributed by atoms with E-state index in [-0.39, 0.29) is 39.3 Å². The van der Waals surface area contributed by atoms with Crippen LogP contribution >= 0.6 is 12.2 Å². The molecule has 0 aliphatic carbocycles. The Morgan fingerprint density at radius 2 is 1.13 bits per heavy atom. The molecule has 2 aliphatic rings. The summed E-state index contributed by atoms with van der Waals surface area (Å²) in [7, 11) is -6.68. The molecule has 7 nitrogen and oxygen atoms in total. The van der Waals surface area contributed by atoms with Gasteiger partial charge in [0.2, 0.25) is 0 Å². The SMILES string of the molecule is C.C.C=C(C)CO.C=C(C)COC(=O)C1C[Si](C)(C)O[Si](C)(C)C1.C[Si]1(C)CC(C(=O)O)C[Si](C)(C)O1.[2H]C=S. The molecule has 2 aliphatic heterocycles. The fourth-order valence-electron chi connectivity index (χ4n) is 4.83. The summed E-state index contributed by atoms with van der Waals surface area (Å²) in [5.74, 6) is 0.0467. The number of aliphatic hydroxyl groups excluding tert-OH is 1. The van der Waals surface area contributed by atoms with E-state index in [1.807, 2.05) is 6.92 Å². The Morgan fingerprint density at radius 1 is 0.846 bits per heavy atom. The molecule has 0 aromatic heterocycles. The van der Waals surface area contributed by atoms with Gasteiger partial charge in [-0.1, -0.05) is 45.8 Å². The number of esters is 1. The van der Waals surface area contributed by atoms with E-state index in [4.69, 9.17) is 24.6 Å². The van der Waals surface area contributed by atoms with Crippen molar-refractivity contribution in [2.45, 2.75) is 105 Å². The van der Waals surface area contributed by atoms with Crippen LogP contribution in [0.4, 0.5) is 0 Å². The van der Waals surface area contributed by atoms with Crippen molar-refractivity contribution in [2.75, 3.05) is 13.2 Å². The highest BCUT2D eigenvalue weighted by molar-refractivity contribution is 7.77. The summed E-state index contributed by atoms with van der Waals surface area (Å²) < 4.78 is 23.5. The zero-order valence-corrected chi connectivity index (χ0v) is 29.5. The Hall–Kier alpha value is -0.742. The first-order valence-corrected chi connectivity index (χ1v) is 25.5. The van der Waals surface area contributed by atoms with E-state index >= 15 is 0 Å². The zero-order chi connectivity index (χ0) is 30.5. The molecule has 2 saturated heterocycles. The van der Waals surface area contributed by atoms with E-state index in [0.717, 1.165) is 41.2 Å². The second-order valence-corrected chi connectivity index (χ2v) is 29.8. The van der Waals surface area contributed by atoms with Gasteiger partial charge in [-0.3, -0.25) is 9.59 Å². The topological polar surface area (TPSA) is 102 Å². The largest absolute Gasteiger partial charge is 0.481 e. The Labute approximate surface area is 251 Å². The molecule has 0 spiro atoms. The molecule has 0 radical (unpaired) electrons. The average molecular weight is 642 g/mol. The van der Waals surface area contributed by atoms with Crippen LogP contribution in [-0.2, 0) is 22.6 Å². The maximum absolute atomic E-state index is 12.0. The summed E-state index contributed by atoms with van der Waals surface area (Å²) >= 11 is 3.94. The molecule has 0 aromatic rings. The van der Waals surface area contributed by atoms with Gasteiger partial charge in [-0.25, -0.2) is 0 Å². The highest BCUT2D eigenvalue weighted by Gasteiger charge is 2.46. The lowest BCUT2D eigenvalue weighted by molar-refractivity contribution is -0.146. The highest BCUT2D eigenvalue weighted by atomic mass is 32.1. The molecule has 2 rings (SSSR count). The fourth-order valence-corrected chi connectivity index (χ4v) is 24.7. The van der Waals surface area contributed by atoms with E-state index in [0.29, 0.717) is 6.61 Å². The first-order chi connectivity index (χ1) is 17.0. The monoisotopic (exact) mass is 641 g/mol. The third kappa shape index (κ3) is 21.6. The van der Waals surface area contributed by atoms with Gasteiger partial charge in [0.1, 0.15) is 6.61 Å². The number of aliphatic carboxylic acids is 1. The number of carboxylic acids is 1. The minimum Gasteiger partial charge on any atom is -0.481 e. The molecule has 12 heteroatoms. The van der Waals surface area contributed by atoms with Crippen LogP contribution in [0.25, 0.3) is 0 Å². The second-order valence-electron chi connectivity index (χ2n) is 12.5. The van der Waals surface area contributed by atoms with E-state index in [2.05, 4.69) is 77.8 Å². The van der Waals surface area contributed by atoms with Gasteiger partial charge >= 0.3 is 11.9 Å². The van der Waals surface area contributed by atoms with Gasteiger partial charge in [0, 0.05) is 0 Å². The molecular formula is C27H60O7SSi4. The molecule has 232 valence electrons. The van der Waals surface area contributed by atoms with Crippen molar-refractivity contribution < 1.29 is 34.1 Å². The van der Waals surface area contributed by atoms with Crippen LogP contribution in [0.1, 0.15) is 30.1 Å². The van der Waals surface area contributed by atoms with Crippen LogP contribution in [0.3, 0.4) is 0 Å². The molecule has 0 unspecified atom stereocenters. The molecule has 2 heterocycles. The fraction of sp³-hybridized carbons (Fsp3) is 0.741. The Balaban J connectivity index is -0.000000250. The van der Waals surface area contributed by atoms with Crippen molar-refractivity contribution in [3.63, 3.8) is 0 Å². The van der Waals surface area contributed by atoms with Gasteiger partial charge in [-0.15, -0.1) is 0 Å². The number of hydrogen-bond acceptors (Lipinski definition) is 7. The van der Waals surface area contributed by atoms with Crippen LogP contribution in [0.2, 0.25) is 76.6 Å². The molecule has 0 amide bonds. The molecule has 2 fully saturated rings. The molecule has 39 heavy (non-hydrogen) atoms. The van der Waals surface area contributed by atoms with Crippen molar-refractivity contribution in [3.05, 3.63) is 24.3 Å².